The van der Waals surface area contributed by atoms with Gasteiger partial charge >= 0.3 is 0 Å². The van der Waals surface area contributed by atoms with Crippen LogP contribution in [0.3, 0.4) is 0 Å². The van der Waals surface area contributed by atoms with Crippen LogP contribution in [-0.2, 0) is 19.9 Å². The molecule has 0 amide bonds. The molecule has 0 fully saturated rings. The second-order valence-electron chi connectivity index (χ2n) is 4.55. The second kappa shape index (κ2) is 6.01. The van der Waals surface area contributed by atoms with Gasteiger partial charge in [-0.1, -0.05) is 19.1 Å². The molecule has 1 atom stereocenters. The zero-order chi connectivity index (χ0) is 14.9. The van der Waals surface area contributed by atoms with Gasteiger partial charge < -0.3 is 5.11 Å². The second-order valence-corrected chi connectivity index (χ2v) is 5.34. The summed E-state index contributed by atoms with van der Waals surface area (Å²) in [6.07, 6.45) is -0.217. The maximum atomic E-state index is 13.7. The van der Waals surface area contributed by atoms with Crippen LogP contribution in [0.2, 0.25) is 0 Å². The van der Waals surface area contributed by atoms with Crippen LogP contribution in [0.1, 0.15) is 30.0 Å². The molecule has 0 spiro atoms. The zero-order valence-electron chi connectivity index (χ0n) is 11.2. The molecule has 0 aliphatic carbocycles. The highest BCUT2D eigenvalue weighted by Gasteiger charge is 2.20. The molecule has 0 saturated carbocycles. The van der Waals surface area contributed by atoms with Crippen LogP contribution in [-0.4, -0.2) is 14.9 Å². The highest BCUT2D eigenvalue weighted by Crippen LogP contribution is 2.28. The smallest absolute Gasteiger partial charge is 0.164 e. The van der Waals surface area contributed by atoms with Crippen LogP contribution in [0.4, 0.5) is 8.78 Å². The van der Waals surface area contributed by atoms with Crippen molar-refractivity contribution in [3.63, 3.8) is 0 Å². The van der Waals surface area contributed by atoms with E-state index in [4.69, 9.17) is 0 Å². The Hall–Kier alpha value is -1.27. The van der Waals surface area contributed by atoms with Crippen molar-refractivity contribution in [3.8, 4) is 0 Å². The minimum Gasteiger partial charge on any atom is -0.388 e. The summed E-state index contributed by atoms with van der Waals surface area (Å²) in [6.45, 7) is 1.97. The fourth-order valence-electron chi connectivity index (χ4n) is 2.11. The van der Waals surface area contributed by atoms with Crippen molar-refractivity contribution in [2.24, 2.45) is 7.05 Å². The number of aliphatic hydroxyl groups excluding tert-OH is 1. The zero-order valence-corrected chi connectivity index (χ0v) is 12.8. The molecular weight excluding hydrogens is 330 g/mol. The van der Waals surface area contributed by atoms with Crippen molar-refractivity contribution < 1.29 is 13.9 Å². The number of nitrogens with zero attached hydrogens (tertiary/aromatic N) is 2. The Labute approximate surface area is 124 Å². The fourth-order valence-corrected chi connectivity index (χ4v) is 2.89. The number of halogens is 3. The summed E-state index contributed by atoms with van der Waals surface area (Å²) in [6, 6.07) is 3.79. The van der Waals surface area contributed by atoms with Crippen LogP contribution in [0.5, 0.6) is 0 Å². The number of hydrogen-bond acceptors (Lipinski definition) is 2. The van der Waals surface area contributed by atoms with Gasteiger partial charge in [0.25, 0.3) is 0 Å². The van der Waals surface area contributed by atoms with Crippen LogP contribution in [0.15, 0.2) is 22.7 Å². The van der Waals surface area contributed by atoms with Crippen molar-refractivity contribution in [2.45, 2.75) is 25.9 Å². The first kappa shape index (κ1) is 15.1. The lowest BCUT2D eigenvalue weighted by molar-refractivity contribution is 0.169. The lowest BCUT2D eigenvalue weighted by atomic mass is 10.0. The highest BCUT2D eigenvalue weighted by molar-refractivity contribution is 9.10. The van der Waals surface area contributed by atoms with E-state index >= 15 is 0 Å². The predicted octanol–water partition coefficient (Wildman–Crippen LogP) is 3.30. The molecule has 1 N–H and O–H groups in total. The Kier molecular flexibility index (Phi) is 4.55. The summed E-state index contributed by atoms with van der Waals surface area (Å²) in [5, 5.41) is 14.4. The van der Waals surface area contributed by atoms with E-state index in [-0.39, 0.29) is 12.0 Å². The fraction of sp³-hybridized carbons (Fsp3) is 0.357. The molecule has 6 heteroatoms. The normalized spacial score (nSPS) is 12.7. The SMILES string of the molecule is CCc1nn(C)c(CC(O)c2cccc(F)c2F)c1Br. The first-order chi connectivity index (χ1) is 9.45. The van der Waals surface area contributed by atoms with Gasteiger partial charge in [-0.15, -0.1) is 0 Å². The predicted molar refractivity (Wildman–Crippen MR) is 75.3 cm³/mol. The van der Waals surface area contributed by atoms with Crippen LogP contribution >= 0.6 is 15.9 Å². The molecule has 0 aliphatic heterocycles. The summed E-state index contributed by atoms with van der Waals surface area (Å²) in [5.41, 5.74) is 1.57. The average Bonchev–Trinajstić information content (AvgIpc) is 2.69. The van der Waals surface area contributed by atoms with E-state index in [1.807, 2.05) is 6.92 Å². The number of hydrogen-bond donors (Lipinski definition) is 1. The van der Waals surface area contributed by atoms with Crippen LogP contribution < -0.4 is 0 Å². The number of rotatable bonds is 4. The summed E-state index contributed by atoms with van der Waals surface area (Å²) >= 11 is 3.43. The Morgan fingerprint density at radius 2 is 2.10 bits per heavy atom. The molecule has 3 nitrogen and oxygen atoms in total. The molecule has 1 aromatic carbocycles. The number of aryl methyl sites for hydroxylation is 2. The summed E-state index contributed by atoms with van der Waals surface area (Å²) in [4.78, 5) is 0. The third-order valence-electron chi connectivity index (χ3n) is 3.23. The highest BCUT2D eigenvalue weighted by atomic mass is 79.9. The van der Waals surface area contributed by atoms with Crippen LogP contribution in [0, 0.1) is 11.6 Å². The third kappa shape index (κ3) is 2.76. The number of aliphatic hydroxyl groups is 1. The molecule has 2 aromatic rings. The maximum absolute atomic E-state index is 13.7. The van der Waals surface area contributed by atoms with Crippen molar-refractivity contribution in [2.75, 3.05) is 0 Å². The topological polar surface area (TPSA) is 38.0 Å². The van der Waals surface area contributed by atoms with Gasteiger partial charge in [0.1, 0.15) is 0 Å². The first-order valence-electron chi connectivity index (χ1n) is 6.27. The summed E-state index contributed by atoms with van der Waals surface area (Å²) < 4.78 is 29.3. The van der Waals surface area contributed by atoms with Gasteiger partial charge in [0.05, 0.1) is 22.0 Å². The Morgan fingerprint density at radius 1 is 1.40 bits per heavy atom. The molecular formula is C14H15BrF2N2O. The lowest BCUT2D eigenvalue weighted by Gasteiger charge is -2.13. The van der Waals surface area contributed by atoms with E-state index < -0.39 is 17.7 Å². The standard InChI is InChI=1S/C14H15BrF2N2O/c1-3-10-13(15)11(19(2)18-10)7-12(20)8-5-4-6-9(16)14(8)17/h4-6,12,20H,3,7H2,1-2H3. The van der Waals surface area contributed by atoms with E-state index in [0.29, 0.717) is 0 Å². The number of aromatic nitrogens is 2. The van der Waals surface area contributed by atoms with E-state index in [2.05, 4.69) is 21.0 Å². The van der Waals surface area contributed by atoms with Gasteiger partial charge in [-0.3, -0.25) is 4.68 Å². The van der Waals surface area contributed by atoms with Gasteiger partial charge in [-0.05, 0) is 28.4 Å². The molecule has 1 aromatic heterocycles. The molecule has 0 aliphatic rings. The summed E-state index contributed by atoms with van der Waals surface area (Å²) in [5.74, 6) is -1.96. The number of benzene rings is 1. The Bertz CT molecular complexity index is 628. The quantitative estimate of drug-likeness (QED) is 0.923. The monoisotopic (exact) mass is 344 g/mol. The van der Waals surface area contributed by atoms with Gasteiger partial charge in [-0.25, -0.2) is 8.78 Å². The van der Waals surface area contributed by atoms with E-state index in [1.54, 1.807) is 11.7 Å². The molecule has 108 valence electrons. The van der Waals surface area contributed by atoms with Crippen molar-refractivity contribution in [3.05, 3.63) is 51.3 Å². The van der Waals surface area contributed by atoms with Crippen molar-refractivity contribution in [1.82, 2.24) is 9.78 Å². The molecule has 0 bridgehead atoms. The largest absolute Gasteiger partial charge is 0.388 e. The first-order valence-corrected chi connectivity index (χ1v) is 7.07. The lowest BCUT2D eigenvalue weighted by Crippen LogP contribution is -2.09. The Balaban J connectivity index is 2.30. The van der Waals surface area contributed by atoms with Crippen molar-refractivity contribution >= 4 is 15.9 Å². The molecule has 20 heavy (non-hydrogen) atoms. The maximum Gasteiger partial charge on any atom is 0.164 e. The minimum absolute atomic E-state index is 0.0452. The van der Waals surface area contributed by atoms with Crippen LogP contribution in [0.25, 0.3) is 0 Å². The van der Waals surface area contributed by atoms with Gasteiger partial charge in [0, 0.05) is 19.0 Å². The molecule has 2 rings (SSSR count). The summed E-state index contributed by atoms with van der Waals surface area (Å²) in [7, 11) is 1.76. The molecule has 1 unspecified atom stereocenters. The van der Waals surface area contributed by atoms with Gasteiger partial charge in [0.2, 0.25) is 0 Å². The van der Waals surface area contributed by atoms with Gasteiger partial charge in [0.15, 0.2) is 11.6 Å². The third-order valence-corrected chi connectivity index (χ3v) is 4.15. The minimum atomic E-state index is -1.12. The van der Waals surface area contributed by atoms with E-state index in [1.165, 1.54) is 12.1 Å². The molecule has 0 saturated heterocycles. The van der Waals surface area contributed by atoms with E-state index in [9.17, 15) is 13.9 Å². The van der Waals surface area contributed by atoms with Crippen molar-refractivity contribution in [1.29, 1.82) is 0 Å². The Morgan fingerprint density at radius 3 is 2.70 bits per heavy atom. The van der Waals surface area contributed by atoms with Gasteiger partial charge in [-0.2, -0.15) is 5.10 Å². The average molecular weight is 345 g/mol. The molecule has 0 radical (unpaired) electrons. The van der Waals surface area contributed by atoms with E-state index in [0.717, 1.165) is 28.3 Å². The molecule has 1 heterocycles.